The van der Waals surface area contributed by atoms with Gasteiger partial charge in [-0.25, -0.2) is 14.4 Å². The highest BCUT2D eigenvalue weighted by Gasteiger charge is 2.15. The quantitative estimate of drug-likeness (QED) is 0.406. The first-order chi connectivity index (χ1) is 7.54. The maximum atomic E-state index is 13.8. The summed E-state index contributed by atoms with van der Waals surface area (Å²) in [5.74, 6) is -0.610. The molecule has 7 heteroatoms. The largest absolute Gasteiger partial charge is 0.224 e. The zero-order valence-electron chi connectivity index (χ0n) is 7.43. The number of aromatic nitrogens is 2. The molecule has 0 aliphatic rings. The molecule has 0 radical (unpaired) electrons. The topological polar surface area (TPSA) is 49.6 Å². The molecule has 2 aromatic rings. The SMILES string of the molecule is N#Cc1cc2c(Cl)nc(Cl)nc2c(F)c1I. The Labute approximate surface area is 113 Å². The molecule has 3 nitrogen and oxygen atoms in total. The Bertz CT molecular complexity index is 639. The molecule has 0 amide bonds. The highest BCUT2D eigenvalue weighted by molar-refractivity contribution is 14.1. The summed E-state index contributed by atoms with van der Waals surface area (Å²) in [6.45, 7) is 0. The zero-order valence-corrected chi connectivity index (χ0v) is 11.1. The van der Waals surface area contributed by atoms with Crippen molar-refractivity contribution in [3.05, 3.63) is 31.5 Å². The number of hydrogen-bond donors (Lipinski definition) is 0. The van der Waals surface area contributed by atoms with Gasteiger partial charge in [-0.2, -0.15) is 5.26 Å². The first-order valence-electron chi connectivity index (χ1n) is 3.95. The molecule has 16 heavy (non-hydrogen) atoms. The van der Waals surface area contributed by atoms with Gasteiger partial charge in [0.2, 0.25) is 5.28 Å². The lowest BCUT2D eigenvalue weighted by molar-refractivity contribution is 0.628. The van der Waals surface area contributed by atoms with Gasteiger partial charge < -0.3 is 0 Å². The Balaban J connectivity index is 3.00. The summed E-state index contributed by atoms with van der Waals surface area (Å²) in [4.78, 5) is 7.44. The molecular weight excluding hydrogens is 367 g/mol. The number of hydrogen-bond acceptors (Lipinski definition) is 3. The molecule has 0 spiro atoms. The minimum Gasteiger partial charge on any atom is -0.215 e. The van der Waals surface area contributed by atoms with Crippen molar-refractivity contribution in [2.75, 3.05) is 0 Å². The average Bonchev–Trinajstić information content (AvgIpc) is 2.24. The van der Waals surface area contributed by atoms with Gasteiger partial charge in [0.1, 0.15) is 16.7 Å². The second-order valence-corrected chi connectivity index (χ2v) is 4.62. The second-order valence-electron chi connectivity index (χ2n) is 2.84. The molecule has 0 aliphatic carbocycles. The van der Waals surface area contributed by atoms with E-state index in [2.05, 4.69) is 9.97 Å². The van der Waals surface area contributed by atoms with E-state index in [4.69, 9.17) is 28.5 Å². The van der Waals surface area contributed by atoms with E-state index < -0.39 is 5.82 Å². The van der Waals surface area contributed by atoms with Crippen LogP contribution in [-0.2, 0) is 0 Å². The van der Waals surface area contributed by atoms with E-state index in [0.717, 1.165) is 0 Å². The molecule has 0 aliphatic heterocycles. The number of benzene rings is 1. The summed E-state index contributed by atoms with van der Waals surface area (Å²) in [5, 5.41) is 9.00. The summed E-state index contributed by atoms with van der Waals surface area (Å²) >= 11 is 13.1. The maximum Gasteiger partial charge on any atom is 0.224 e. The smallest absolute Gasteiger partial charge is 0.215 e. The molecule has 0 unspecified atom stereocenters. The first kappa shape index (κ1) is 11.8. The standard InChI is InChI=1S/C9HCl2FIN3/c10-8-4-1-3(2-14)6(13)5(12)7(4)15-9(11)16-8/h1H. The third-order valence-corrected chi connectivity index (χ3v) is 3.43. The van der Waals surface area contributed by atoms with Crippen molar-refractivity contribution < 1.29 is 4.39 Å². The van der Waals surface area contributed by atoms with Crippen molar-refractivity contribution in [3.63, 3.8) is 0 Å². The molecule has 0 atom stereocenters. The van der Waals surface area contributed by atoms with Crippen molar-refractivity contribution in [1.29, 1.82) is 5.26 Å². The fourth-order valence-corrected chi connectivity index (χ4v) is 2.19. The van der Waals surface area contributed by atoms with Crippen LogP contribution >= 0.6 is 45.8 Å². The van der Waals surface area contributed by atoms with E-state index in [-0.39, 0.29) is 30.5 Å². The number of nitrogens with zero attached hydrogens (tertiary/aromatic N) is 3. The Kier molecular flexibility index (Phi) is 3.15. The number of halogens is 4. The summed E-state index contributed by atoms with van der Waals surface area (Å²) in [5.41, 5.74) is 0.215. The van der Waals surface area contributed by atoms with Gasteiger partial charge in [-0.05, 0) is 40.3 Å². The molecule has 0 fully saturated rings. The first-order valence-corrected chi connectivity index (χ1v) is 5.79. The van der Waals surface area contributed by atoms with Crippen molar-refractivity contribution in [2.45, 2.75) is 0 Å². The van der Waals surface area contributed by atoms with Gasteiger partial charge >= 0.3 is 0 Å². The highest BCUT2D eigenvalue weighted by Crippen LogP contribution is 2.29. The molecule has 1 heterocycles. The van der Waals surface area contributed by atoms with Gasteiger partial charge in [-0.3, -0.25) is 0 Å². The van der Waals surface area contributed by atoms with Crippen LogP contribution in [0.5, 0.6) is 0 Å². The van der Waals surface area contributed by atoms with Crippen LogP contribution in [0.25, 0.3) is 10.9 Å². The van der Waals surface area contributed by atoms with Crippen LogP contribution in [0, 0.1) is 20.7 Å². The van der Waals surface area contributed by atoms with Crippen LogP contribution in [0.1, 0.15) is 5.56 Å². The number of rotatable bonds is 0. The van der Waals surface area contributed by atoms with Crippen molar-refractivity contribution in [3.8, 4) is 6.07 Å². The van der Waals surface area contributed by atoms with Crippen LogP contribution in [0.3, 0.4) is 0 Å². The van der Waals surface area contributed by atoms with Crippen LogP contribution in [0.2, 0.25) is 10.4 Å². The van der Waals surface area contributed by atoms with Crippen LogP contribution in [0.15, 0.2) is 6.07 Å². The third-order valence-electron chi connectivity index (χ3n) is 1.92. The fourth-order valence-electron chi connectivity index (χ4n) is 1.22. The second kappa shape index (κ2) is 4.28. The predicted molar refractivity (Wildman–Crippen MR) is 66.9 cm³/mol. The summed E-state index contributed by atoms with van der Waals surface area (Å²) in [7, 11) is 0. The Morgan fingerprint density at radius 2 is 2.06 bits per heavy atom. The minimum atomic E-state index is -0.610. The maximum absolute atomic E-state index is 13.8. The molecule has 0 bridgehead atoms. The van der Waals surface area contributed by atoms with Gasteiger partial charge in [0.25, 0.3) is 0 Å². The van der Waals surface area contributed by atoms with Gasteiger partial charge in [0.15, 0.2) is 5.82 Å². The van der Waals surface area contributed by atoms with Gasteiger partial charge in [-0.15, -0.1) is 0 Å². The van der Waals surface area contributed by atoms with E-state index in [1.807, 2.05) is 6.07 Å². The number of fused-ring (bicyclic) bond motifs is 1. The molecule has 0 saturated carbocycles. The predicted octanol–water partition coefficient (Wildman–Crippen LogP) is 3.55. The zero-order chi connectivity index (χ0) is 11.9. The van der Waals surface area contributed by atoms with Crippen molar-refractivity contribution in [2.24, 2.45) is 0 Å². The lowest BCUT2D eigenvalue weighted by atomic mass is 10.1. The van der Waals surface area contributed by atoms with Crippen LogP contribution < -0.4 is 0 Å². The third kappa shape index (κ3) is 1.81. The van der Waals surface area contributed by atoms with E-state index in [1.165, 1.54) is 6.07 Å². The van der Waals surface area contributed by atoms with Gasteiger partial charge in [0, 0.05) is 5.39 Å². The lowest BCUT2D eigenvalue weighted by Gasteiger charge is -2.04. The lowest BCUT2D eigenvalue weighted by Crippen LogP contribution is -1.95. The Hall–Kier alpha value is -0.710. The Morgan fingerprint density at radius 3 is 2.69 bits per heavy atom. The highest BCUT2D eigenvalue weighted by atomic mass is 127. The molecule has 1 aromatic heterocycles. The summed E-state index contributed by atoms with van der Waals surface area (Å²) < 4.78 is 14.0. The fraction of sp³-hybridized carbons (Fsp3) is 0. The van der Waals surface area contributed by atoms with Crippen molar-refractivity contribution in [1.82, 2.24) is 9.97 Å². The van der Waals surface area contributed by atoms with E-state index >= 15 is 0 Å². The van der Waals surface area contributed by atoms with Gasteiger partial charge in [-0.1, -0.05) is 11.6 Å². The molecule has 80 valence electrons. The van der Waals surface area contributed by atoms with Crippen LogP contribution in [0.4, 0.5) is 4.39 Å². The van der Waals surface area contributed by atoms with E-state index in [1.54, 1.807) is 22.6 Å². The number of nitriles is 1. The minimum absolute atomic E-state index is 0.0217. The molecular formula is C9HCl2FIN3. The van der Waals surface area contributed by atoms with E-state index in [9.17, 15) is 4.39 Å². The van der Waals surface area contributed by atoms with Crippen molar-refractivity contribution >= 4 is 56.7 Å². The van der Waals surface area contributed by atoms with Crippen LogP contribution in [-0.4, -0.2) is 9.97 Å². The molecule has 0 saturated heterocycles. The summed E-state index contributed by atoms with van der Waals surface area (Å²) in [6.07, 6.45) is 0. The normalized spacial score (nSPS) is 10.4. The molecule has 2 rings (SSSR count). The van der Waals surface area contributed by atoms with Gasteiger partial charge in [0.05, 0.1) is 9.13 Å². The summed E-state index contributed by atoms with van der Waals surface area (Å²) in [6, 6.07) is 3.32. The molecule has 1 aromatic carbocycles. The Morgan fingerprint density at radius 1 is 1.38 bits per heavy atom. The van der Waals surface area contributed by atoms with E-state index in [0.29, 0.717) is 0 Å². The monoisotopic (exact) mass is 367 g/mol. The average molecular weight is 368 g/mol. The molecule has 0 N–H and O–H groups in total.